The van der Waals surface area contributed by atoms with Crippen molar-refractivity contribution in [1.29, 1.82) is 0 Å². The molecule has 3 rings (SSSR count). The molecule has 2 aromatic rings. The van der Waals surface area contributed by atoms with Crippen LogP contribution < -0.4 is 16.0 Å². The van der Waals surface area contributed by atoms with E-state index in [0.717, 1.165) is 11.3 Å². The second-order valence-electron chi connectivity index (χ2n) is 6.84. The number of carbonyl (C=O) groups is 4. The number of carbonyl (C=O) groups excluding carboxylic acids is 4. The number of primary amides is 1. The minimum atomic E-state index is -0.619. The Hall–Kier alpha value is -3.68. The van der Waals surface area contributed by atoms with Gasteiger partial charge in [-0.3, -0.25) is 19.2 Å². The molecule has 1 heterocycles. The Labute approximate surface area is 167 Å². The standard InChI is InChI=1S/C21H21N3O5/c1-13-2-8-17(9-3-13)24-11-15(10-19(24)26)21(28)29-12-18(25)23-16-6-4-14(5-7-16)20(22)27/h2-9,15H,10-12H2,1H3,(H2,22,27)(H,23,25). The number of amides is 3. The van der Waals surface area contributed by atoms with Gasteiger partial charge in [-0.15, -0.1) is 0 Å². The van der Waals surface area contributed by atoms with E-state index in [0.29, 0.717) is 11.3 Å². The van der Waals surface area contributed by atoms with Gasteiger partial charge in [0.25, 0.3) is 5.91 Å². The van der Waals surface area contributed by atoms with Crippen LogP contribution in [-0.2, 0) is 19.1 Å². The van der Waals surface area contributed by atoms with Crippen molar-refractivity contribution in [2.75, 3.05) is 23.4 Å². The summed E-state index contributed by atoms with van der Waals surface area (Å²) in [7, 11) is 0. The number of hydrogen-bond acceptors (Lipinski definition) is 5. The summed E-state index contributed by atoms with van der Waals surface area (Å²) in [5, 5.41) is 2.56. The van der Waals surface area contributed by atoms with E-state index in [1.807, 2.05) is 31.2 Å². The zero-order valence-electron chi connectivity index (χ0n) is 15.9. The Morgan fingerprint density at radius 1 is 1.10 bits per heavy atom. The number of nitrogens with one attached hydrogen (secondary N) is 1. The van der Waals surface area contributed by atoms with E-state index >= 15 is 0 Å². The van der Waals surface area contributed by atoms with E-state index in [1.165, 1.54) is 24.3 Å². The SMILES string of the molecule is Cc1ccc(N2CC(C(=O)OCC(=O)Nc3ccc(C(N)=O)cc3)CC2=O)cc1. The Morgan fingerprint density at radius 2 is 1.76 bits per heavy atom. The van der Waals surface area contributed by atoms with Crippen LogP contribution in [0.4, 0.5) is 11.4 Å². The number of ether oxygens (including phenoxy) is 1. The maximum atomic E-state index is 12.3. The molecule has 0 bridgehead atoms. The first-order chi connectivity index (χ1) is 13.8. The fourth-order valence-electron chi connectivity index (χ4n) is 3.01. The monoisotopic (exact) mass is 395 g/mol. The van der Waals surface area contributed by atoms with E-state index in [1.54, 1.807) is 4.90 Å². The normalized spacial score (nSPS) is 15.8. The van der Waals surface area contributed by atoms with E-state index in [9.17, 15) is 19.2 Å². The Morgan fingerprint density at radius 3 is 2.38 bits per heavy atom. The zero-order valence-corrected chi connectivity index (χ0v) is 15.9. The van der Waals surface area contributed by atoms with Crippen molar-refractivity contribution in [3.63, 3.8) is 0 Å². The summed E-state index contributed by atoms with van der Waals surface area (Å²) in [6.45, 7) is 1.70. The van der Waals surface area contributed by atoms with Gasteiger partial charge in [0.15, 0.2) is 6.61 Å². The van der Waals surface area contributed by atoms with Gasteiger partial charge >= 0.3 is 5.97 Å². The average molecular weight is 395 g/mol. The van der Waals surface area contributed by atoms with Gasteiger partial charge in [0.05, 0.1) is 5.92 Å². The summed E-state index contributed by atoms with van der Waals surface area (Å²) < 4.78 is 5.07. The summed E-state index contributed by atoms with van der Waals surface area (Å²) >= 11 is 0. The molecule has 1 unspecified atom stereocenters. The fourth-order valence-corrected chi connectivity index (χ4v) is 3.01. The van der Waals surface area contributed by atoms with Gasteiger partial charge in [-0.2, -0.15) is 0 Å². The summed E-state index contributed by atoms with van der Waals surface area (Å²) in [4.78, 5) is 49.1. The number of rotatable bonds is 6. The third-order valence-electron chi connectivity index (χ3n) is 4.60. The molecule has 29 heavy (non-hydrogen) atoms. The summed E-state index contributed by atoms with van der Waals surface area (Å²) in [5.41, 5.74) is 7.72. The number of benzene rings is 2. The zero-order chi connectivity index (χ0) is 21.0. The maximum Gasteiger partial charge on any atom is 0.311 e. The van der Waals surface area contributed by atoms with E-state index < -0.39 is 30.3 Å². The van der Waals surface area contributed by atoms with E-state index in [4.69, 9.17) is 10.5 Å². The van der Waals surface area contributed by atoms with Gasteiger partial charge in [-0.25, -0.2) is 0 Å². The number of nitrogens with zero attached hydrogens (tertiary/aromatic N) is 1. The molecule has 1 saturated heterocycles. The van der Waals surface area contributed by atoms with Crippen molar-refractivity contribution in [3.8, 4) is 0 Å². The molecule has 1 aliphatic rings. The van der Waals surface area contributed by atoms with Gasteiger partial charge in [-0.1, -0.05) is 17.7 Å². The summed E-state index contributed by atoms with van der Waals surface area (Å²) in [6, 6.07) is 13.5. The molecule has 0 radical (unpaired) electrons. The lowest BCUT2D eigenvalue weighted by atomic mass is 10.1. The number of nitrogens with two attached hydrogens (primary N) is 1. The molecule has 2 aromatic carbocycles. The van der Waals surface area contributed by atoms with Crippen LogP contribution in [0.1, 0.15) is 22.3 Å². The van der Waals surface area contributed by atoms with Crippen molar-refractivity contribution >= 4 is 35.1 Å². The number of esters is 1. The van der Waals surface area contributed by atoms with Gasteiger partial charge in [0.2, 0.25) is 11.8 Å². The van der Waals surface area contributed by atoms with Crippen molar-refractivity contribution in [2.45, 2.75) is 13.3 Å². The molecule has 1 fully saturated rings. The number of aryl methyl sites for hydroxylation is 1. The quantitative estimate of drug-likeness (QED) is 0.721. The highest BCUT2D eigenvalue weighted by Crippen LogP contribution is 2.26. The number of hydrogen-bond donors (Lipinski definition) is 2. The summed E-state index contributed by atoms with van der Waals surface area (Å²) in [5.74, 6) is -2.46. The minimum absolute atomic E-state index is 0.0446. The van der Waals surface area contributed by atoms with Crippen LogP contribution >= 0.6 is 0 Å². The van der Waals surface area contributed by atoms with Gasteiger partial charge in [-0.05, 0) is 43.3 Å². The largest absolute Gasteiger partial charge is 0.455 e. The Bertz CT molecular complexity index is 938. The van der Waals surface area contributed by atoms with Crippen molar-refractivity contribution in [1.82, 2.24) is 0 Å². The van der Waals surface area contributed by atoms with Gasteiger partial charge in [0, 0.05) is 29.9 Å². The van der Waals surface area contributed by atoms with Gasteiger partial charge < -0.3 is 20.7 Å². The molecule has 1 atom stereocenters. The first-order valence-corrected chi connectivity index (χ1v) is 9.07. The molecule has 8 nitrogen and oxygen atoms in total. The first-order valence-electron chi connectivity index (χ1n) is 9.07. The molecule has 150 valence electrons. The van der Waals surface area contributed by atoms with E-state index in [2.05, 4.69) is 5.32 Å². The molecule has 0 saturated carbocycles. The van der Waals surface area contributed by atoms with Crippen molar-refractivity contribution in [2.24, 2.45) is 11.7 Å². The molecule has 0 spiro atoms. The highest BCUT2D eigenvalue weighted by atomic mass is 16.5. The van der Waals surface area contributed by atoms with Crippen LogP contribution in [-0.4, -0.2) is 36.8 Å². The molecule has 0 aliphatic carbocycles. The predicted molar refractivity (Wildman–Crippen MR) is 106 cm³/mol. The van der Waals surface area contributed by atoms with Crippen LogP contribution in [0.15, 0.2) is 48.5 Å². The van der Waals surface area contributed by atoms with Crippen LogP contribution in [0.3, 0.4) is 0 Å². The van der Waals surface area contributed by atoms with Gasteiger partial charge in [0.1, 0.15) is 0 Å². The summed E-state index contributed by atoms with van der Waals surface area (Å²) in [6.07, 6.45) is 0.0446. The highest BCUT2D eigenvalue weighted by Gasteiger charge is 2.36. The predicted octanol–water partition coefficient (Wildman–Crippen LogP) is 1.63. The molecule has 1 aliphatic heterocycles. The van der Waals surface area contributed by atoms with Crippen LogP contribution in [0.2, 0.25) is 0 Å². The minimum Gasteiger partial charge on any atom is -0.455 e. The number of anilines is 2. The second kappa shape index (κ2) is 8.55. The molecule has 3 amide bonds. The Balaban J connectivity index is 1.50. The average Bonchev–Trinajstić information content (AvgIpc) is 3.09. The molecular weight excluding hydrogens is 374 g/mol. The molecule has 0 aromatic heterocycles. The highest BCUT2D eigenvalue weighted by molar-refractivity contribution is 6.00. The van der Waals surface area contributed by atoms with Crippen LogP contribution in [0.5, 0.6) is 0 Å². The maximum absolute atomic E-state index is 12.3. The van der Waals surface area contributed by atoms with Crippen molar-refractivity contribution < 1.29 is 23.9 Å². The lowest BCUT2D eigenvalue weighted by molar-refractivity contribution is -0.151. The van der Waals surface area contributed by atoms with E-state index in [-0.39, 0.29) is 18.9 Å². The topological polar surface area (TPSA) is 119 Å². The fraction of sp³-hybridized carbons (Fsp3) is 0.238. The van der Waals surface area contributed by atoms with Crippen LogP contribution in [0, 0.1) is 12.8 Å². The Kier molecular flexibility index (Phi) is 5.92. The van der Waals surface area contributed by atoms with Crippen molar-refractivity contribution in [3.05, 3.63) is 59.7 Å². The smallest absolute Gasteiger partial charge is 0.311 e. The molecule has 3 N–H and O–H groups in total. The van der Waals surface area contributed by atoms with Crippen LogP contribution in [0.25, 0.3) is 0 Å². The third kappa shape index (κ3) is 4.98. The lowest BCUT2D eigenvalue weighted by Gasteiger charge is -2.16. The molecular formula is C21H21N3O5. The lowest BCUT2D eigenvalue weighted by Crippen LogP contribution is -2.28. The third-order valence-corrected chi connectivity index (χ3v) is 4.60. The molecule has 8 heteroatoms. The first kappa shape index (κ1) is 20.1. The second-order valence-corrected chi connectivity index (χ2v) is 6.84.